The van der Waals surface area contributed by atoms with Crippen molar-refractivity contribution in [3.05, 3.63) is 41.2 Å². The summed E-state index contributed by atoms with van der Waals surface area (Å²) in [5.74, 6) is 2.63. The van der Waals surface area contributed by atoms with Gasteiger partial charge in [0.2, 0.25) is 10.0 Å². The molecule has 4 rings (SSSR count). The summed E-state index contributed by atoms with van der Waals surface area (Å²) in [4.78, 5) is 14.1. The summed E-state index contributed by atoms with van der Waals surface area (Å²) in [5.41, 5.74) is 2.09. The molecule has 0 saturated carbocycles. The summed E-state index contributed by atoms with van der Waals surface area (Å²) in [7, 11) is -3.47. The Morgan fingerprint density at radius 3 is 1.93 bits per heavy atom. The van der Waals surface area contributed by atoms with Crippen LogP contribution in [0.3, 0.4) is 0 Å². The van der Waals surface area contributed by atoms with Crippen molar-refractivity contribution in [1.82, 2.24) is 14.3 Å². The lowest BCUT2D eigenvalue weighted by molar-refractivity contribution is 0.383. The van der Waals surface area contributed by atoms with E-state index in [1.165, 1.54) is 12.8 Å². The largest absolute Gasteiger partial charge is 0.356 e. The Morgan fingerprint density at radius 2 is 1.34 bits per heavy atom. The van der Waals surface area contributed by atoms with Gasteiger partial charge in [-0.05, 0) is 56.9 Å². The van der Waals surface area contributed by atoms with E-state index in [1.54, 1.807) is 16.4 Å². The zero-order valence-corrected chi connectivity index (χ0v) is 18.2. The smallest absolute Gasteiger partial charge is 0.243 e. The number of benzene rings is 1. The van der Waals surface area contributed by atoms with Crippen molar-refractivity contribution in [2.45, 2.75) is 38.5 Å². The molecule has 1 aromatic heterocycles. The van der Waals surface area contributed by atoms with Crippen LogP contribution in [0.4, 0.5) is 11.6 Å². The van der Waals surface area contributed by atoms with E-state index in [4.69, 9.17) is 0 Å². The lowest BCUT2D eigenvalue weighted by Crippen LogP contribution is -2.49. The third-order valence-corrected chi connectivity index (χ3v) is 7.81. The molecule has 0 spiro atoms. The van der Waals surface area contributed by atoms with Crippen LogP contribution in [0.5, 0.6) is 0 Å². The lowest BCUT2D eigenvalue weighted by atomic mass is 10.1. The topological polar surface area (TPSA) is 69.6 Å². The third kappa shape index (κ3) is 4.09. The van der Waals surface area contributed by atoms with Gasteiger partial charge in [0.1, 0.15) is 17.5 Å². The average Bonchev–Trinajstić information content (AvgIpc) is 3.24. The van der Waals surface area contributed by atoms with Crippen molar-refractivity contribution in [3.63, 3.8) is 0 Å². The van der Waals surface area contributed by atoms with Gasteiger partial charge in [-0.1, -0.05) is 6.07 Å². The quantitative estimate of drug-likeness (QED) is 0.764. The molecule has 156 valence electrons. The first-order valence-corrected chi connectivity index (χ1v) is 11.7. The highest BCUT2D eigenvalue weighted by atomic mass is 32.2. The van der Waals surface area contributed by atoms with Gasteiger partial charge in [0.05, 0.1) is 4.90 Å². The SMILES string of the molecule is Cc1nc(N2CCCC2)cc(N2CCN(S(=O)(=O)c3ccc(C)c(C)c3)CC2)n1. The van der Waals surface area contributed by atoms with Gasteiger partial charge in [-0.15, -0.1) is 0 Å². The number of hydrogen-bond donors (Lipinski definition) is 0. The Hall–Kier alpha value is -2.19. The van der Waals surface area contributed by atoms with Crippen LogP contribution in [0.15, 0.2) is 29.2 Å². The molecule has 2 aliphatic rings. The van der Waals surface area contributed by atoms with Crippen LogP contribution in [0, 0.1) is 20.8 Å². The van der Waals surface area contributed by atoms with Crippen LogP contribution in [0.1, 0.15) is 29.8 Å². The normalized spacial score (nSPS) is 18.4. The number of rotatable bonds is 4. The second-order valence-electron chi connectivity index (χ2n) is 7.96. The average molecular weight is 416 g/mol. The zero-order chi connectivity index (χ0) is 20.6. The summed E-state index contributed by atoms with van der Waals surface area (Å²) in [6.07, 6.45) is 2.40. The maximum absolute atomic E-state index is 13.1. The number of aryl methyl sites for hydroxylation is 3. The van der Waals surface area contributed by atoms with Crippen LogP contribution < -0.4 is 9.80 Å². The summed E-state index contributed by atoms with van der Waals surface area (Å²) in [6.45, 7) is 10.1. The summed E-state index contributed by atoms with van der Waals surface area (Å²) in [6, 6.07) is 7.40. The standard InChI is InChI=1S/C21H29N5O2S/c1-16-6-7-19(14-17(16)2)29(27,28)26-12-10-25(11-13-26)21-15-20(22-18(3)23-21)24-8-4-5-9-24/h6-7,14-15H,4-5,8-13H2,1-3H3. The van der Waals surface area contributed by atoms with Crippen molar-refractivity contribution in [1.29, 1.82) is 0 Å². The second-order valence-corrected chi connectivity index (χ2v) is 9.90. The van der Waals surface area contributed by atoms with E-state index in [0.717, 1.165) is 41.7 Å². The summed E-state index contributed by atoms with van der Waals surface area (Å²) >= 11 is 0. The predicted molar refractivity (Wildman–Crippen MR) is 115 cm³/mol. The number of sulfonamides is 1. The van der Waals surface area contributed by atoms with Gasteiger partial charge in [0.25, 0.3) is 0 Å². The molecule has 29 heavy (non-hydrogen) atoms. The number of aromatic nitrogens is 2. The second kappa shape index (κ2) is 7.91. The molecular weight excluding hydrogens is 386 g/mol. The van der Waals surface area contributed by atoms with E-state index in [0.29, 0.717) is 31.1 Å². The highest BCUT2D eigenvalue weighted by Crippen LogP contribution is 2.25. The maximum Gasteiger partial charge on any atom is 0.243 e. The minimum atomic E-state index is -3.47. The van der Waals surface area contributed by atoms with Crippen LogP contribution in [0.25, 0.3) is 0 Å². The zero-order valence-electron chi connectivity index (χ0n) is 17.4. The molecule has 8 heteroatoms. The Kier molecular flexibility index (Phi) is 5.48. The molecule has 0 radical (unpaired) electrons. The Bertz CT molecular complexity index is 994. The molecule has 0 N–H and O–H groups in total. The fourth-order valence-corrected chi connectivity index (χ4v) is 5.50. The monoisotopic (exact) mass is 415 g/mol. The molecule has 0 aliphatic carbocycles. The van der Waals surface area contributed by atoms with Gasteiger partial charge in [-0.2, -0.15) is 4.31 Å². The molecule has 0 amide bonds. The highest BCUT2D eigenvalue weighted by Gasteiger charge is 2.29. The number of hydrogen-bond acceptors (Lipinski definition) is 6. The first-order chi connectivity index (χ1) is 13.8. The van der Waals surface area contributed by atoms with Crippen LogP contribution >= 0.6 is 0 Å². The Balaban J connectivity index is 1.48. The molecular formula is C21H29N5O2S. The molecule has 0 atom stereocenters. The maximum atomic E-state index is 13.1. The molecule has 3 heterocycles. The number of nitrogens with zero attached hydrogens (tertiary/aromatic N) is 5. The van der Waals surface area contributed by atoms with Crippen molar-refractivity contribution in [3.8, 4) is 0 Å². The highest BCUT2D eigenvalue weighted by molar-refractivity contribution is 7.89. The minimum Gasteiger partial charge on any atom is -0.356 e. The fourth-order valence-electron chi connectivity index (χ4n) is 3.99. The molecule has 1 aromatic carbocycles. The Labute approximate surface area is 173 Å². The molecule has 0 bridgehead atoms. The van der Waals surface area contributed by atoms with E-state index in [1.807, 2.05) is 32.9 Å². The molecule has 2 saturated heterocycles. The number of anilines is 2. The fraction of sp³-hybridized carbons (Fsp3) is 0.524. The van der Waals surface area contributed by atoms with Gasteiger partial charge >= 0.3 is 0 Å². The van der Waals surface area contributed by atoms with Crippen molar-refractivity contribution >= 4 is 21.7 Å². The van der Waals surface area contributed by atoms with Crippen molar-refractivity contribution in [2.75, 3.05) is 49.1 Å². The summed E-state index contributed by atoms with van der Waals surface area (Å²) < 4.78 is 27.7. The van der Waals surface area contributed by atoms with Crippen LogP contribution in [0.2, 0.25) is 0 Å². The predicted octanol–water partition coefficient (Wildman–Crippen LogP) is 2.51. The third-order valence-electron chi connectivity index (χ3n) is 5.92. The van der Waals surface area contributed by atoms with Gasteiger partial charge in [-0.3, -0.25) is 0 Å². The molecule has 7 nitrogen and oxygen atoms in total. The molecule has 0 unspecified atom stereocenters. The number of piperazine rings is 1. The Morgan fingerprint density at radius 1 is 0.759 bits per heavy atom. The van der Waals surface area contributed by atoms with Gasteiger partial charge < -0.3 is 9.80 Å². The van der Waals surface area contributed by atoms with Crippen molar-refractivity contribution in [2.24, 2.45) is 0 Å². The van der Waals surface area contributed by atoms with E-state index in [-0.39, 0.29) is 0 Å². The van der Waals surface area contributed by atoms with E-state index < -0.39 is 10.0 Å². The molecule has 2 aromatic rings. The van der Waals surface area contributed by atoms with E-state index in [2.05, 4.69) is 19.8 Å². The van der Waals surface area contributed by atoms with E-state index in [9.17, 15) is 8.42 Å². The summed E-state index contributed by atoms with van der Waals surface area (Å²) in [5, 5.41) is 0. The van der Waals surface area contributed by atoms with Crippen molar-refractivity contribution < 1.29 is 8.42 Å². The molecule has 2 fully saturated rings. The lowest BCUT2D eigenvalue weighted by Gasteiger charge is -2.35. The van der Waals surface area contributed by atoms with E-state index >= 15 is 0 Å². The van der Waals surface area contributed by atoms with Crippen LogP contribution in [-0.2, 0) is 10.0 Å². The van der Waals surface area contributed by atoms with Gasteiger partial charge in [-0.25, -0.2) is 18.4 Å². The first kappa shape index (κ1) is 20.1. The van der Waals surface area contributed by atoms with Crippen LogP contribution in [-0.4, -0.2) is 62.0 Å². The first-order valence-electron chi connectivity index (χ1n) is 10.3. The minimum absolute atomic E-state index is 0.378. The molecule has 2 aliphatic heterocycles. The van der Waals surface area contributed by atoms with Gasteiger partial charge in [0.15, 0.2) is 0 Å². The van der Waals surface area contributed by atoms with Gasteiger partial charge in [0, 0.05) is 45.3 Å².